The number of fused-ring (bicyclic) bond motifs is 1. The molecule has 1 amide bonds. The predicted molar refractivity (Wildman–Crippen MR) is 67.5 cm³/mol. The van der Waals surface area contributed by atoms with Crippen LogP contribution in [0.1, 0.15) is 23.7 Å². The van der Waals surface area contributed by atoms with E-state index in [9.17, 15) is 9.59 Å². The van der Waals surface area contributed by atoms with Gasteiger partial charge in [-0.25, -0.2) is 4.79 Å². The number of nitrogens with one attached hydrogen (secondary N) is 2. The van der Waals surface area contributed by atoms with Crippen molar-refractivity contribution in [1.29, 1.82) is 0 Å². The number of benzene rings is 1. The highest BCUT2D eigenvalue weighted by Crippen LogP contribution is 2.14. The molecule has 2 rings (SSSR count). The van der Waals surface area contributed by atoms with Gasteiger partial charge in [0, 0.05) is 17.3 Å². The quantitative estimate of drug-likeness (QED) is 0.768. The van der Waals surface area contributed by atoms with Crippen LogP contribution in [0.3, 0.4) is 0 Å². The van der Waals surface area contributed by atoms with E-state index in [0.717, 1.165) is 10.9 Å². The van der Waals surface area contributed by atoms with E-state index in [1.165, 1.54) is 0 Å². The van der Waals surface area contributed by atoms with E-state index in [4.69, 9.17) is 5.11 Å². The van der Waals surface area contributed by atoms with Crippen LogP contribution in [0.2, 0.25) is 0 Å². The zero-order valence-electron chi connectivity index (χ0n) is 9.93. The Kier molecular flexibility index (Phi) is 3.32. The molecule has 1 aromatic carbocycles. The molecule has 0 aliphatic rings. The lowest BCUT2D eigenvalue weighted by atomic mass is 10.1. The van der Waals surface area contributed by atoms with Gasteiger partial charge in [-0.3, -0.25) is 4.79 Å². The second-order valence-corrected chi connectivity index (χ2v) is 4.05. The number of H-pyrrole nitrogens is 1. The molecule has 0 saturated heterocycles. The van der Waals surface area contributed by atoms with Crippen molar-refractivity contribution < 1.29 is 14.7 Å². The van der Waals surface area contributed by atoms with Gasteiger partial charge in [-0.05, 0) is 30.0 Å². The molecule has 1 aromatic heterocycles. The zero-order valence-corrected chi connectivity index (χ0v) is 9.93. The number of amides is 1. The Labute approximate surface area is 104 Å². The van der Waals surface area contributed by atoms with E-state index in [1.54, 1.807) is 25.3 Å². The molecule has 0 spiro atoms. The van der Waals surface area contributed by atoms with Crippen molar-refractivity contribution in [3.05, 3.63) is 36.0 Å². The van der Waals surface area contributed by atoms with Gasteiger partial charge in [0.2, 0.25) is 0 Å². The molecule has 1 heterocycles. The van der Waals surface area contributed by atoms with Crippen LogP contribution in [0.25, 0.3) is 10.9 Å². The van der Waals surface area contributed by atoms with Crippen LogP contribution in [0.4, 0.5) is 0 Å². The number of hydrogen-bond donors (Lipinski definition) is 3. The summed E-state index contributed by atoms with van der Waals surface area (Å²) in [6.45, 7) is 1.72. The molecule has 94 valence electrons. The van der Waals surface area contributed by atoms with E-state index in [0.29, 0.717) is 12.0 Å². The average Bonchev–Trinajstić information content (AvgIpc) is 2.82. The van der Waals surface area contributed by atoms with Crippen molar-refractivity contribution in [3.8, 4) is 0 Å². The molecule has 0 saturated carbocycles. The molecule has 5 heteroatoms. The van der Waals surface area contributed by atoms with Gasteiger partial charge in [0.15, 0.2) is 0 Å². The van der Waals surface area contributed by atoms with Gasteiger partial charge in [-0.1, -0.05) is 13.0 Å². The molecule has 18 heavy (non-hydrogen) atoms. The predicted octanol–water partition coefficient (Wildman–Crippen LogP) is 1.76. The summed E-state index contributed by atoms with van der Waals surface area (Å²) >= 11 is 0. The maximum Gasteiger partial charge on any atom is 0.326 e. The van der Waals surface area contributed by atoms with Crippen molar-refractivity contribution in [3.63, 3.8) is 0 Å². The summed E-state index contributed by atoms with van der Waals surface area (Å²) in [6.07, 6.45) is 2.14. The summed E-state index contributed by atoms with van der Waals surface area (Å²) in [4.78, 5) is 25.8. The summed E-state index contributed by atoms with van der Waals surface area (Å²) < 4.78 is 0. The Balaban J connectivity index is 2.19. The van der Waals surface area contributed by atoms with Gasteiger partial charge < -0.3 is 15.4 Å². The minimum Gasteiger partial charge on any atom is -0.480 e. The van der Waals surface area contributed by atoms with Crippen LogP contribution >= 0.6 is 0 Å². The maximum absolute atomic E-state index is 11.9. The van der Waals surface area contributed by atoms with Crippen LogP contribution in [0.15, 0.2) is 30.5 Å². The minimum atomic E-state index is -1.02. The molecule has 0 fully saturated rings. The molecule has 1 atom stereocenters. The van der Waals surface area contributed by atoms with Gasteiger partial charge >= 0.3 is 5.97 Å². The number of carbonyl (C=O) groups excluding carboxylic acids is 1. The summed E-state index contributed by atoms with van der Waals surface area (Å²) in [5.74, 6) is -1.40. The zero-order chi connectivity index (χ0) is 13.1. The fourth-order valence-electron chi connectivity index (χ4n) is 1.77. The number of carboxylic acids is 1. The second-order valence-electron chi connectivity index (χ2n) is 4.05. The van der Waals surface area contributed by atoms with E-state index in [2.05, 4.69) is 10.3 Å². The van der Waals surface area contributed by atoms with E-state index in [-0.39, 0.29) is 5.91 Å². The third kappa shape index (κ3) is 2.34. The molecule has 0 radical (unpaired) electrons. The van der Waals surface area contributed by atoms with Gasteiger partial charge in [0.25, 0.3) is 5.91 Å². The molecule has 5 nitrogen and oxygen atoms in total. The van der Waals surface area contributed by atoms with Crippen molar-refractivity contribution in [2.75, 3.05) is 0 Å². The first kappa shape index (κ1) is 12.2. The Morgan fingerprint density at radius 1 is 1.39 bits per heavy atom. The lowest BCUT2D eigenvalue weighted by Crippen LogP contribution is -2.40. The molecule has 1 unspecified atom stereocenters. The van der Waals surface area contributed by atoms with Crippen LogP contribution in [0, 0.1) is 0 Å². The summed E-state index contributed by atoms with van der Waals surface area (Å²) in [6, 6.07) is 6.27. The molecule has 0 aliphatic heterocycles. The molecule has 2 aromatic rings. The Hall–Kier alpha value is -2.30. The number of rotatable bonds is 4. The molecular weight excluding hydrogens is 232 g/mol. The van der Waals surface area contributed by atoms with E-state index < -0.39 is 12.0 Å². The first-order chi connectivity index (χ1) is 8.61. The lowest BCUT2D eigenvalue weighted by Gasteiger charge is -2.12. The van der Waals surface area contributed by atoms with Gasteiger partial charge in [0.05, 0.1) is 0 Å². The summed E-state index contributed by atoms with van der Waals surface area (Å²) in [5.41, 5.74) is 1.30. The first-order valence-electron chi connectivity index (χ1n) is 5.72. The Bertz CT molecular complexity index is 589. The smallest absolute Gasteiger partial charge is 0.326 e. The fourth-order valence-corrected chi connectivity index (χ4v) is 1.77. The second kappa shape index (κ2) is 4.91. The highest BCUT2D eigenvalue weighted by molar-refractivity contribution is 5.99. The summed E-state index contributed by atoms with van der Waals surface area (Å²) in [5, 5.41) is 12.4. The summed E-state index contributed by atoms with van der Waals surface area (Å²) in [7, 11) is 0. The van der Waals surface area contributed by atoms with Gasteiger partial charge in [-0.15, -0.1) is 0 Å². The topological polar surface area (TPSA) is 82.2 Å². The normalized spacial score (nSPS) is 12.3. The Morgan fingerprint density at radius 3 is 2.83 bits per heavy atom. The monoisotopic (exact) mass is 246 g/mol. The highest BCUT2D eigenvalue weighted by Gasteiger charge is 2.18. The molecule has 3 N–H and O–H groups in total. The lowest BCUT2D eigenvalue weighted by molar-refractivity contribution is -0.139. The number of aliphatic carboxylic acids is 1. The first-order valence-corrected chi connectivity index (χ1v) is 5.72. The van der Waals surface area contributed by atoms with Gasteiger partial charge in [-0.2, -0.15) is 0 Å². The molecule has 0 aliphatic carbocycles. The number of hydrogen-bond acceptors (Lipinski definition) is 2. The molecule has 0 bridgehead atoms. The van der Waals surface area contributed by atoms with Crippen molar-refractivity contribution in [1.82, 2.24) is 10.3 Å². The van der Waals surface area contributed by atoms with Crippen molar-refractivity contribution in [2.45, 2.75) is 19.4 Å². The SMILES string of the molecule is CCC(NC(=O)c1ccc2cc[nH]c2c1)C(=O)O. The standard InChI is InChI=1S/C13H14N2O3/c1-2-10(13(17)18)15-12(16)9-4-3-8-5-6-14-11(8)7-9/h3-7,10,14H,2H2,1H3,(H,15,16)(H,17,18). The highest BCUT2D eigenvalue weighted by atomic mass is 16.4. The largest absolute Gasteiger partial charge is 0.480 e. The van der Waals surface area contributed by atoms with Crippen LogP contribution in [-0.4, -0.2) is 28.0 Å². The minimum absolute atomic E-state index is 0.353. The van der Waals surface area contributed by atoms with E-state index in [1.807, 2.05) is 12.1 Å². The number of aromatic amines is 1. The Morgan fingerprint density at radius 2 is 2.17 bits per heavy atom. The fraction of sp³-hybridized carbons (Fsp3) is 0.231. The number of aromatic nitrogens is 1. The maximum atomic E-state index is 11.9. The van der Waals surface area contributed by atoms with E-state index >= 15 is 0 Å². The van der Waals surface area contributed by atoms with Crippen molar-refractivity contribution in [2.24, 2.45) is 0 Å². The van der Waals surface area contributed by atoms with Crippen molar-refractivity contribution >= 4 is 22.8 Å². The third-order valence-electron chi connectivity index (χ3n) is 2.83. The number of carboxylic acid groups (broad SMARTS) is 1. The molecular formula is C13H14N2O3. The van der Waals surface area contributed by atoms with Crippen LogP contribution in [-0.2, 0) is 4.79 Å². The van der Waals surface area contributed by atoms with Crippen LogP contribution in [0.5, 0.6) is 0 Å². The van der Waals surface area contributed by atoms with Crippen LogP contribution < -0.4 is 5.32 Å². The van der Waals surface area contributed by atoms with Gasteiger partial charge in [0.1, 0.15) is 6.04 Å². The number of carbonyl (C=O) groups is 2. The third-order valence-corrected chi connectivity index (χ3v) is 2.83. The average molecular weight is 246 g/mol.